The van der Waals surface area contributed by atoms with Crippen molar-refractivity contribution in [2.75, 3.05) is 11.9 Å². The van der Waals surface area contributed by atoms with Crippen molar-refractivity contribution in [1.82, 2.24) is 15.3 Å². The Kier molecular flexibility index (Phi) is 6.89. The lowest BCUT2D eigenvalue weighted by Gasteiger charge is -2.16. The van der Waals surface area contributed by atoms with Gasteiger partial charge >= 0.3 is 0 Å². The summed E-state index contributed by atoms with van der Waals surface area (Å²) in [6.45, 7) is 5.75. The maximum atomic E-state index is 11.4. The summed E-state index contributed by atoms with van der Waals surface area (Å²) in [6, 6.07) is 16.7. The number of nitrogens with zero attached hydrogens (tertiary/aromatic N) is 2. The van der Waals surface area contributed by atoms with Gasteiger partial charge in [-0.15, -0.1) is 0 Å². The second-order valence-corrected chi connectivity index (χ2v) is 6.59. The van der Waals surface area contributed by atoms with Gasteiger partial charge in [0.2, 0.25) is 5.91 Å². The van der Waals surface area contributed by atoms with Crippen LogP contribution in [0.3, 0.4) is 0 Å². The van der Waals surface area contributed by atoms with Crippen molar-refractivity contribution < 1.29 is 9.53 Å². The van der Waals surface area contributed by atoms with E-state index in [4.69, 9.17) is 10.1 Å². The largest absolute Gasteiger partial charge is 0.457 e. The van der Waals surface area contributed by atoms with E-state index in [0.717, 1.165) is 5.75 Å². The number of rotatable bonds is 9. The summed E-state index contributed by atoms with van der Waals surface area (Å²) < 4.78 is 5.80. The molecule has 0 aliphatic rings. The molecule has 0 saturated heterocycles. The number of ether oxygens (including phenoxy) is 1. The number of anilines is 1. The Morgan fingerprint density at radius 1 is 1.17 bits per heavy atom. The Balaban J connectivity index is 1.69. The van der Waals surface area contributed by atoms with E-state index in [2.05, 4.69) is 27.2 Å². The summed E-state index contributed by atoms with van der Waals surface area (Å²) in [5.41, 5.74) is 1.56. The van der Waals surface area contributed by atoms with Gasteiger partial charge in [-0.05, 0) is 49.4 Å². The smallest absolute Gasteiger partial charge is 0.243 e. The maximum Gasteiger partial charge on any atom is 0.243 e. The van der Waals surface area contributed by atoms with Crippen LogP contribution in [0.2, 0.25) is 0 Å². The molecule has 3 rings (SSSR count). The molecule has 0 fully saturated rings. The first-order valence-corrected chi connectivity index (χ1v) is 9.46. The minimum atomic E-state index is -0.238. The van der Waals surface area contributed by atoms with Crippen LogP contribution in [-0.4, -0.2) is 34.2 Å². The lowest BCUT2D eigenvalue weighted by atomic mass is 10.0. The van der Waals surface area contributed by atoms with Crippen molar-refractivity contribution in [3.05, 3.63) is 90.9 Å². The van der Waals surface area contributed by atoms with Crippen LogP contribution < -0.4 is 15.4 Å². The number of carbonyl (C=O) groups excluding carboxylic acids is 1. The van der Waals surface area contributed by atoms with Gasteiger partial charge in [-0.3, -0.25) is 10.2 Å². The molecule has 30 heavy (non-hydrogen) atoms. The fourth-order valence-corrected chi connectivity index (χ4v) is 2.73. The fraction of sp³-hybridized carbons (Fsp3) is 0.130. The zero-order valence-corrected chi connectivity index (χ0v) is 16.6. The van der Waals surface area contributed by atoms with Crippen LogP contribution >= 0.6 is 0 Å². The summed E-state index contributed by atoms with van der Waals surface area (Å²) in [5, 5.41) is 14.5. The molecule has 0 saturated carbocycles. The average Bonchev–Trinajstić information content (AvgIpc) is 2.78. The highest BCUT2D eigenvalue weighted by atomic mass is 16.5. The molecule has 0 radical (unpaired) electrons. The molecular weight excluding hydrogens is 378 g/mol. The SMILES string of the molecule is C=CC(=O)N[C@H](C)CNc1ncncc1C(=N)c1ccc(Oc2ccccc2)cc1. The number of para-hydroxylation sites is 1. The van der Waals surface area contributed by atoms with Gasteiger partial charge in [0.1, 0.15) is 23.6 Å². The molecule has 1 amide bonds. The first-order valence-electron chi connectivity index (χ1n) is 9.46. The lowest BCUT2D eigenvalue weighted by Crippen LogP contribution is -2.36. The number of hydrogen-bond donors (Lipinski definition) is 3. The zero-order chi connectivity index (χ0) is 21.3. The van der Waals surface area contributed by atoms with Gasteiger partial charge in [-0.1, -0.05) is 24.8 Å². The summed E-state index contributed by atoms with van der Waals surface area (Å²) in [4.78, 5) is 19.7. The highest BCUT2D eigenvalue weighted by molar-refractivity contribution is 6.13. The van der Waals surface area contributed by atoms with E-state index >= 15 is 0 Å². The van der Waals surface area contributed by atoms with E-state index in [0.29, 0.717) is 29.2 Å². The molecule has 0 aliphatic heterocycles. The second kappa shape index (κ2) is 9.97. The zero-order valence-electron chi connectivity index (χ0n) is 16.6. The molecule has 0 bridgehead atoms. The topological polar surface area (TPSA) is 100.0 Å². The Hall–Kier alpha value is -4.00. The molecule has 3 N–H and O–H groups in total. The maximum absolute atomic E-state index is 11.4. The quantitative estimate of drug-likeness (QED) is 0.374. The van der Waals surface area contributed by atoms with Gasteiger partial charge in [0.25, 0.3) is 0 Å². The molecule has 0 spiro atoms. The van der Waals surface area contributed by atoms with Gasteiger partial charge in [0, 0.05) is 24.3 Å². The minimum Gasteiger partial charge on any atom is -0.457 e. The van der Waals surface area contributed by atoms with E-state index in [1.165, 1.54) is 12.4 Å². The van der Waals surface area contributed by atoms with E-state index in [9.17, 15) is 4.79 Å². The van der Waals surface area contributed by atoms with E-state index in [-0.39, 0.29) is 17.7 Å². The third-order valence-corrected chi connectivity index (χ3v) is 4.25. The number of hydrogen-bond acceptors (Lipinski definition) is 6. The van der Waals surface area contributed by atoms with Crippen molar-refractivity contribution >= 4 is 17.4 Å². The van der Waals surface area contributed by atoms with Crippen LogP contribution in [-0.2, 0) is 4.79 Å². The first-order chi connectivity index (χ1) is 14.6. The van der Waals surface area contributed by atoms with Gasteiger partial charge in [0.15, 0.2) is 0 Å². The fourth-order valence-electron chi connectivity index (χ4n) is 2.73. The van der Waals surface area contributed by atoms with Crippen LogP contribution in [0.5, 0.6) is 11.5 Å². The number of carbonyl (C=O) groups is 1. The standard InChI is InChI=1S/C23H23N5O2/c1-3-21(29)28-16(2)13-26-23-20(14-25-15-27-23)22(24)17-9-11-19(12-10-17)30-18-7-5-4-6-8-18/h3-12,14-16,24H,1,13H2,2H3,(H,28,29)(H,25,26,27)/t16-/m1/s1. The van der Waals surface area contributed by atoms with Crippen molar-refractivity contribution in [2.45, 2.75) is 13.0 Å². The number of amides is 1. The first kappa shape index (κ1) is 20.7. The van der Waals surface area contributed by atoms with Crippen LogP contribution in [0.4, 0.5) is 5.82 Å². The third-order valence-electron chi connectivity index (χ3n) is 4.25. The molecule has 0 unspecified atom stereocenters. The minimum absolute atomic E-state index is 0.137. The highest BCUT2D eigenvalue weighted by Gasteiger charge is 2.13. The van der Waals surface area contributed by atoms with E-state index in [1.54, 1.807) is 6.20 Å². The average molecular weight is 401 g/mol. The van der Waals surface area contributed by atoms with Crippen LogP contribution in [0, 0.1) is 5.41 Å². The summed E-state index contributed by atoms with van der Waals surface area (Å²) in [6.07, 6.45) is 4.25. The predicted octanol–water partition coefficient (Wildman–Crippen LogP) is 3.79. The second-order valence-electron chi connectivity index (χ2n) is 6.59. The monoisotopic (exact) mass is 401 g/mol. The van der Waals surface area contributed by atoms with Crippen LogP contribution in [0.1, 0.15) is 18.1 Å². The van der Waals surface area contributed by atoms with Crippen molar-refractivity contribution in [2.24, 2.45) is 0 Å². The molecule has 1 aromatic heterocycles. The van der Waals surface area contributed by atoms with Gasteiger partial charge in [-0.25, -0.2) is 9.97 Å². The number of aromatic nitrogens is 2. The van der Waals surface area contributed by atoms with E-state index in [1.807, 2.05) is 61.5 Å². The summed E-state index contributed by atoms with van der Waals surface area (Å²) in [5.74, 6) is 1.73. The van der Waals surface area contributed by atoms with Gasteiger partial charge in [-0.2, -0.15) is 0 Å². The molecular formula is C23H23N5O2. The van der Waals surface area contributed by atoms with Gasteiger partial charge in [0.05, 0.1) is 11.3 Å². The van der Waals surface area contributed by atoms with Crippen molar-refractivity contribution in [3.8, 4) is 11.5 Å². The predicted molar refractivity (Wildman–Crippen MR) is 117 cm³/mol. The Bertz CT molecular complexity index is 1020. The number of benzene rings is 2. The molecule has 0 aliphatic carbocycles. The molecule has 1 heterocycles. The van der Waals surface area contributed by atoms with Gasteiger partial charge < -0.3 is 15.4 Å². The molecule has 152 valence electrons. The van der Waals surface area contributed by atoms with Crippen molar-refractivity contribution in [1.29, 1.82) is 5.41 Å². The molecule has 7 heteroatoms. The van der Waals surface area contributed by atoms with Crippen molar-refractivity contribution in [3.63, 3.8) is 0 Å². The Labute approximate surface area is 175 Å². The Morgan fingerprint density at radius 3 is 2.57 bits per heavy atom. The van der Waals surface area contributed by atoms with E-state index < -0.39 is 0 Å². The normalized spacial score (nSPS) is 11.2. The molecule has 7 nitrogen and oxygen atoms in total. The molecule has 1 atom stereocenters. The molecule has 2 aromatic carbocycles. The highest BCUT2D eigenvalue weighted by Crippen LogP contribution is 2.23. The Morgan fingerprint density at radius 2 is 1.87 bits per heavy atom. The summed E-state index contributed by atoms with van der Waals surface area (Å²) >= 11 is 0. The van der Waals surface area contributed by atoms with Crippen LogP contribution in [0.15, 0.2) is 79.8 Å². The third kappa shape index (κ3) is 5.51. The lowest BCUT2D eigenvalue weighted by molar-refractivity contribution is -0.116. The van der Waals surface area contributed by atoms with Crippen LogP contribution in [0.25, 0.3) is 0 Å². The molecule has 3 aromatic rings. The summed E-state index contributed by atoms with van der Waals surface area (Å²) in [7, 11) is 0. The number of nitrogens with one attached hydrogen (secondary N) is 3.